The van der Waals surface area contributed by atoms with E-state index in [1.807, 2.05) is 27.7 Å². The molecule has 0 saturated carbocycles. The Balaban J connectivity index is 2.84. The number of allylic oxidation sites excluding steroid dienone is 1. The molecule has 144 valence electrons. The molecule has 9 heteroatoms. The highest BCUT2D eigenvalue weighted by atomic mass is 32.2. The first-order valence-corrected chi connectivity index (χ1v) is 10.1. The van der Waals surface area contributed by atoms with Gasteiger partial charge in [0.1, 0.15) is 0 Å². The van der Waals surface area contributed by atoms with Gasteiger partial charge >= 0.3 is 0 Å². The van der Waals surface area contributed by atoms with E-state index in [1.54, 1.807) is 37.1 Å². The summed E-state index contributed by atoms with van der Waals surface area (Å²) >= 11 is 0. The lowest BCUT2D eigenvalue weighted by molar-refractivity contribution is -0.695. The Morgan fingerprint density at radius 1 is 0.962 bits per heavy atom. The summed E-state index contributed by atoms with van der Waals surface area (Å²) in [5.74, 6) is -0.225. The van der Waals surface area contributed by atoms with Crippen molar-refractivity contribution in [1.29, 1.82) is 0 Å². The normalized spacial score (nSPS) is 16.5. The van der Waals surface area contributed by atoms with Crippen LogP contribution in [0, 0.1) is 16.0 Å². The predicted molar refractivity (Wildman–Crippen MR) is 98.3 cm³/mol. The van der Waals surface area contributed by atoms with Gasteiger partial charge < -0.3 is 0 Å². The molecular formula is C17H26N4O4S. The Kier molecular flexibility index (Phi) is 5.62. The number of hydrazine groups is 3. The number of hydrogen-bond donors (Lipinski definition) is 0. The first-order valence-electron chi connectivity index (χ1n) is 8.58. The number of rotatable bonds is 6. The van der Waals surface area contributed by atoms with Crippen molar-refractivity contribution in [3.8, 4) is 0 Å². The van der Waals surface area contributed by atoms with Crippen LogP contribution in [0.3, 0.4) is 0 Å². The molecule has 0 aliphatic carbocycles. The molecule has 0 unspecified atom stereocenters. The van der Waals surface area contributed by atoms with E-state index in [1.165, 1.54) is 17.3 Å². The molecule has 26 heavy (non-hydrogen) atoms. The summed E-state index contributed by atoms with van der Waals surface area (Å²) in [4.78, 5) is 11.9. The summed E-state index contributed by atoms with van der Waals surface area (Å²) in [7, 11) is -4.08. The molecule has 1 aliphatic rings. The van der Waals surface area contributed by atoms with Gasteiger partial charge in [0.2, 0.25) is 14.9 Å². The van der Waals surface area contributed by atoms with Gasteiger partial charge in [-0.3, -0.25) is 5.01 Å². The van der Waals surface area contributed by atoms with Crippen molar-refractivity contribution >= 4 is 9.84 Å². The minimum absolute atomic E-state index is 0.0364. The second kappa shape index (κ2) is 7.24. The molecule has 0 bridgehead atoms. The molecule has 0 radical (unpaired) electrons. The van der Waals surface area contributed by atoms with Gasteiger partial charge in [0, 0.05) is 11.2 Å². The molecule has 0 N–H and O–H groups in total. The SMILES string of the molecule is CC(C)C1=C(S(=O)(=O)c2ccccc2)N([N+](=O)[O-])N(C(C)C)N1C(C)C. The average molecular weight is 382 g/mol. The van der Waals surface area contributed by atoms with E-state index >= 15 is 0 Å². The van der Waals surface area contributed by atoms with Crippen LogP contribution < -0.4 is 0 Å². The average Bonchev–Trinajstić information content (AvgIpc) is 2.93. The lowest BCUT2D eigenvalue weighted by Gasteiger charge is -2.37. The standard InChI is InChI=1S/C17H26N4O4S/c1-12(2)16-17(26(24,25)15-10-8-7-9-11-15)20(21(22)23)19(14(5)6)18(16)13(3)4/h7-14H,1-6H3. The molecule has 8 nitrogen and oxygen atoms in total. The molecule has 0 aromatic heterocycles. The molecule has 0 atom stereocenters. The summed E-state index contributed by atoms with van der Waals surface area (Å²) in [6.45, 7) is 11.0. The van der Waals surface area contributed by atoms with Gasteiger partial charge in [-0.15, -0.1) is 0 Å². The van der Waals surface area contributed by atoms with Crippen molar-refractivity contribution in [3.63, 3.8) is 0 Å². The van der Waals surface area contributed by atoms with Gasteiger partial charge in [0.15, 0.2) is 5.03 Å². The van der Waals surface area contributed by atoms with Crippen molar-refractivity contribution in [2.75, 3.05) is 0 Å². The fourth-order valence-electron chi connectivity index (χ4n) is 3.09. The molecule has 2 rings (SSSR count). The first kappa shape index (κ1) is 20.2. The fraction of sp³-hybridized carbons (Fsp3) is 0.529. The van der Waals surface area contributed by atoms with Crippen LogP contribution in [0.15, 0.2) is 46.0 Å². The summed E-state index contributed by atoms with van der Waals surface area (Å²) in [6, 6.07) is 7.37. The third-order valence-corrected chi connectivity index (χ3v) is 5.80. The van der Waals surface area contributed by atoms with Crippen molar-refractivity contribution in [1.82, 2.24) is 15.2 Å². The van der Waals surface area contributed by atoms with Gasteiger partial charge in [-0.1, -0.05) is 37.2 Å². The van der Waals surface area contributed by atoms with Gasteiger partial charge in [-0.25, -0.2) is 18.5 Å². The Hall–Kier alpha value is -2.13. The van der Waals surface area contributed by atoms with Crippen molar-refractivity contribution in [2.24, 2.45) is 5.92 Å². The van der Waals surface area contributed by atoms with Gasteiger partial charge in [-0.05, 0) is 45.7 Å². The number of hydrogen-bond acceptors (Lipinski definition) is 6. The second-order valence-electron chi connectivity index (χ2n) is 7.04. The lowest BCUT2D eigenvalue weighted by Crippen LogP contribution is -2.54. The van der Waals surface area contributed by atoms with Gasteiger partial charge in [0.25, 0.3) is 0 Å². The van der Waals surface area contributed by atoms with Crippen LogP contribution in [-0.4, -0.2) is 40.8 Å². The maximum absolute atomic E-state index is 13.3. The van der Waals surface area contributed by atoms with Crippen LogP contribution in [0.5, 0.6) is 0 Å². The zero-order valence-electron chi connectivity index (χ0n) is 15.9. The van der Waals surface area contributed by atoms with Crippen LogP contribution >= 0.6 is 0 Å². The summed E-state index contributed by atoms with van der Waals surface area (Å²) in [5, 5.41) is 14.8. The highest BCUT2D eigenvalue weighted by Gasteiger charge is 2.52. The monoisotopic (exact) mass is 382 g/mol. The number of nitro groups is 1. The molecule has 1 aromatic rings. The zero-order valence-corrected chi connectivity index (χ0v) is 16.8. The smallest absolute Gasteiger partial charge is 0.244 e. The van der Waals surface area contributed by atoms with E-state index in [-0.39, 0.29) is 27.9 Å². The fourth-order valence-corrected chi connectivity index (χ4v) is 4.80. The van der Waals surface area contributed by atoms with E-state index in [9.17, 15) is 18.5 Å². The third kappa shape index (κ3) is 3.28. The van der Waals surface area contributed by atoms with Crippen LogP contribution in [0.2, 0.25) is 0 Å². The van der Waals surface area contributed by atoms with Crippen LogP contribution in [0.25, 0.3) is 0 Å². The minimum atomic E-state index is -4.08. The van der Waals surface area contributed by atoms with Crippen molar-refractivity contribution < 1.29 is 13.5 Å². The van der Waals surface area contributed by atoms with Crippen molar-refractivity contribution in [2.45, 2.75) is 58.5 Å². The topological polar surface area (TPSA) is 87.0 Å². The molecule has 1 aliphatic heterocycles. The highest BCUT2D eigenvalue weighted by Crippen LogP contribution is 2.40. The van der Waals surface area contributed by atoms with E-state index in [0.717, 1.165) is 0 Å². The Bertz CT molecular complexity index is 803. The Labute approximate surface area is 154 Å². The summed E-state index contributed by atoms with van der Waals surface area (Å²) in [6.07, 6.45) is 0. The number of sulfone groups is 1. The van der Waals surface area contributed by atoms with Crippen molar-refractivity contribution in [3.05, 3.63) is 51.2 Å². The Morgan fingerprint density at radius 3 is 1.88 bits per heavy atom. The third-order valence-electron chi connectivity index (χ3n) is 4.02. The first-order chi connectivity index (χ1) is 12.0. The largest absolute Gasteiger partial charge is 0.282 e. The van der Waals surface area contributed by atoms with Gasteiger partial charge in [0.05, 0.1) is 16.6 Å². The van der Waals surface area contributed by atoms with E-state index in [4.69, 9.17) is 0 Å². The minimum Gasteiger partial charge on any atom is -0.282 e. The summed E-state index contributed by atoms with van der Waals surface area (Å²) < 4.78 is 26.7. The molecule has 0 fully saturated rings. The quantitative estimate of drug-likeness (QED) is 0.552. The highest BCUT2D eigenvalue weighted by molar-refractivity contribution is 7.95. The lowest BCUT2D eigenvalue weighted by atomic mass is 10.1. The maximum atomic E-state index is 13.3. The summed E-state index contributed by atoms with van der Waals surface area (Å²) in [5.41, 5.74) is 0.425. The number of nitrogens with zero attached hydrogens (tertiary/aromatic N) is 4. The zero-order chi connectivity index (χ0) is 19.8. The molecular weight excluding hydrogens is 356 g/mol. The molecule has 0 saturated heterocycles. The Morgan fingerprint density at radius 2 is 1.50 bits per heavy atom. The molecule has 0 spiro atoms. The van der Waals surface area contributed by atoms with Gasteiger partial charge in [-0.2, -0.15) is 0 Å². The van der Waals surface area contributed by atoms with E-state index in [2.05, 4.69) is 0 Å². The molecule has 0 amide bonds. The number of benzene rings is 1. The van der Waals surface area contributed by atoms with Crippen LogP contribution in [0.4, 0.5) is 0 Å². The van der Waals surface area contributed by atoms with Crippen LogP contribution in [0.1, 0.15) is 41.5 Å². The predicted octanol–water partition coefficient (Wildman–Crippen LogP) is 3.04. The van der Waals surface area contributed by atoms with E-state index in [0.29, 0.717) is 10.8 Å². The molecule has 1 aromatic carbocycles. The second-order valence-corrected chi connectivity index (χ2v) is 8.91. The van der Waals surface area contributed by atoms with Crippen LogP contribution in [-0.2, 0) is 9.84 Å². The molecule has 1 heterocycles. The van der Waals surface area contributed by atoms with E-state index < -0.39 is 14.9 Å². The maximum Gasteiger partial charge on any atom is 0.244 e.